The molecule has 0 bridgehead atoms. The van der Waals surface area contributed by atoms with E-state index in [1.807, 2.05) is 24.3 Å². The number of carboxylic acid groups (broad SMARTS) is 1. The van der Waals surface area contributed by atoms with Gasteiger partial charge in [0, 0.05) is 57.3 Å². The Balaban J connectivity index is 0.000000227. The number of piperidine rings is 1. The lowest BCUT2D eigenvalue weighted by Gasteiger charge is -2.32. The summed E-state index contributed by atoms with van der Waals surface area (Å²) in [5.41, 5.74) is 2.14. The number of carbonyl (C=O) groups is 2. The first kappa shape index (κ1) is 33.3. The largest absolute Gasteiger partial charge is 0.481 e. The normalized spacial score (nSPS) is 13.5. The number of aryl methyl sites for hydroxylation is 2. The SMILES string of the molecule is O=C(CCc1nc(-c2ccccn2)no1)NC1CCN(Cc2ccc(Cl)c(F)c2)CC1.O=C(O)CCc1nc(-c2ccccn2)no1. The van der Waals surface area contributed by atoms with Crippen molar-refractivity contribution in [1.82, 2.24) is 40.5 Å². The molecular formula is C32H32ClFN8O5. The molecule has 5 heterocycles. The van der Waals surface area contributed by atoms with E-state index in [4.69, 9.17) is 25.8 Å². The molecule has 1 fully saturated rings. The van der Waals surface area contributed by atoms with E-state index in [1.54, 1.807) is 36.7 Å². The summed E-state index contributed by atoms with van der Waals surface area (Å²) in [5, 5.41) is 19.4. The lowest BCUT2D eigenvalue weighted by molar-refractivity contribution is -0.137. The van der Waals surface area contributed by atoms with Gasteiger partial charge in [-0.3, -0.25) is 24.5 Å². The van der Waals surface area contributed by atoms with Crippen LogP contribution in [0.1, 0.15) is 43.0 Å². The summed E-state index contributed by atoms with van der Waals surface area (Å²) in [7, 11) is 0. The van der Waals surface area contributed by atoms with Gasteiger partial charge in [0.15, 0.2) is 0 Å². The number of hydrogen-bond acceptors (Lipinski definition) is 11. The number of pyridine rings is 2. The number of hydrogen-bond donors (Lipinski definition) is 2. The number of aliphatic carboxylic acids is 1. The fourth-order valence-electron chi connectivity index (χ4n) is 4.78. The third kappa shape index (κ3) is 10.2. The van der Waals surface area contributed by atoms with E-state index < -0.39 is 11.8 Å². The van der Waals surface area contributed by atoms with Gasteiger partial charge in [-0.2, -0.15) is 9.97 Å². The molecule has 244 valence electrons. The van der Waals surface area contributed by atoms with Crippen molar-refractivity contribution in [3.05, 3.63) is 95.2 Å². The van der Waals surface area contributed by atoms with Gasteiger partial charge in [-0.15, -0.1) is 0 Å². The topological polar surface area (TPSA) is 173 Å². The first-order valence-electron chi connectivity index (χ1n) is 15.0. The van der Waals surface area contributed by atoms with Crippen LogP contribution in [0.3, 0.4) is 0 Å². The van der Waals surface area contributed by atoms with Gasteiger partial charge in [-0.1, -0.05) is 40.1 Å². The van der Waals surface area contributed by atoms with Crippen molar-refractivity contribution < 1.29 is 28.1 Å². The summed E-state index contributed by atoms with van der Waals surface area (Å²) in [6, 6.07) is 15.9. The number of benzene rings is 1. The molecule has 13 nitrogen and oxygen atoms in total. The fourth-order valence-corrected chi connectivity index (χ4v) is 4.89. The average molecular weight is 663 g/mol. The van der Waals surface area contributed by atoms with Crippen molar-refractivity contribution >= 4 is 23.5 Å². The van der Waals surface area contributed by atoms with Crippen molar-refractivity contribution in [2.24, 2.45) is 0 Å². The van der Waals surface area contributed by atoms with Crippen LogP contribution >= 0.6 is 11.6 Å². The quantitative estimate of drug-likeness (QED) is 0.198. The Morgan fingerprint density at radius 2 is 1.49 bits per heavy atom. The highest BCUT2D eigenvalue weighted by molar-refractivity contribution is 6.30. The molecule has 1 aromatic carbocycles. The highest BCUT2D eigenvalue weighted by Gasteiger charge is 2.21. The van der Waals surface area contributed by atoms with Crippen LogP contribution in [-0.4, -0.2) is 71.3 Å². The molecule has 0 unspecified atom stereocenters. The molecule has 4 aromatic heterocycles. The summed E-state index contributed by atoms with van der Waals surface area (Å²) in [4.78, 5) is 41.5. The first-order chi connectivity index (χ1) is 22.8. The predicted molar refractivity (Wildman–Crippen MR) is 167 cm³/mol. The molecular weight excluding hydrogens is 631 g/mol. The van der Waals surface area contributed by atoms with E-state index in [-0.39, 0.29) is 36.2 Å². The number of nitrogens with one attached hydrogen (secondary N) is 1. The monoisotopic (exact) mass is 662 g/mol. The minimum Gasteiger partial charge on any atom is -0.481 e. The highest BCUT2D eigenvalue weighted by Crippen LogP contribution is 2.19. The molecule has 15 heteroatoms. The predicted octanol–water partition coefficient (Wildman–Crippen LogP) is 4.79. The van der Waals surface area contributed by atoms with Gasteiger partial charge < -0.3 is 19.5 Å². The Morgan fingerprint density at radius 3 is 2.02 bits per heavy atom. The van der Waals surface area contributed by atoms with E-state index in [9.17, 15) is 14.0 Å². The second-order valence-electron chi connectivity index (χ2n) is 10.7. The standard InChI is InChI=1S/C22H23ClFN5O2.C10H9N3O3/c23-17-5-4-15(13-18(17)24)14-29-11-8-16(9-12-29)26-20(30)6-7-21-27-22(28-31-21)19-3-1-2-10-25-19;14-9(15)5-4-8-12-10(13-16-8)7-3-1-2-6-11-7/h1-5,10,13,16H,6-9,11-12,14H2,(H,26,30);1-3,6H,4-5H2,(H,14,15). The number of aromatic nitrogens is 6. The highest BCUT2D eigenvalue weighted by atomic mass is 35.5. The zero-order chi connectivity index (χ0) is 33.0. The number of nitrogens with zero attached hydrogens (tertiary/aromatic N) is 7. The van der Waals surface area contributed by atoms with Crippen molar-refractivity contribution in [2.45, 2.75) is 51.1 Å². The van der Waals surface area contributed by atoms with E-state index in [0.717, 1.165) is 31.5 Å². The minimum absolute atomic E-state index is 0.0240. The molecule has 2 N–H and O–H groups in total. The average Bonchev–Trinajstić information content (AvgIpc) is 3.77. The zero-order valence-electron chi connectivity index (χ0n) is 25.3. The van der Waals surface area contributed by atoms with Crippen LogP contribution in [0, 0.1) is 5.82 Å². The van der Waals surface area contributed by atoms with E-state index in [2.05, 4.69) is 40.5 Å². The molecule has 0 atom stereocenters. The molecule has 0 saturated carbocycles. The molecule has 6 rings (SSSR count). The Kier molecular flexibility index (Phi) is 11.7. The fraction of sp³-hybridized carbons (Fsp3) is 0.312. The molecule has 0 spiro atoms. The van der Waals surface area contributed by atoms with Crippen LogP contribution in [0.15, 0.2) is 76.0 Å². The first-order valence-corrected chi connectivity index (χ1v) is 15.4. The van der Waals surface area contributed by atoms with E-state index in [0.29, 0.717) is 47.8 Å². The van der Waals surface area contributed by atoms with Crippen molar-refractivity contribution in [3.8, 4) is 23.0 Å². The van der Waals surface area contributed by atoms with Gasteiger partial charge >= 0.3 is 5.97 Å². The molecule has 5 aromatic rings. The van der Waals surface area contributed by atoms with Crippen LogP contribution < -0.4 is 5.32 Å². The van der Waals surface area contributed by atoms with Crippen molar-refractivity contribution in [2.75, 3.05) is 13.1 Å². The van der Waals surface area contributed by atoms with Gasteiger partial charge in [0.05, 0.1) is 11.4 Å². The number of rotatable bonds is 11. The van der Waals surface area contributed by atoms with Crippen molar-refractivity contribution in [1.29, 1.82) is 0 Å². The number of likely N-dealkylation sites (tertiary alicyclic amines) is 1. The summed E-state index contributed by atoms with van der Waals surface area (Å²) >= 11 is 5.74. The smallest absolute Gasteiger partial charge is 0.303 e. The Bertz CT molecular complexity index is 1750. The molecule has 1 saturated heterocycles. The van der Waals surface area contributed by atoms with Gasteiger partial charge in [-0.05, 0) is 54.8 Å². The van der Waals surface area contributed by atoms with Gasteiger partial charge in [-0.25, -0.2) is 4.39 Å². The van der Waals surface area contributed by atoms with Crippen LogP contribution in [0.4, 0.5) is 4.39 Å². The zero-order valence-corrected chi connectivity index (χ0v) is 26.0. The number of amides is 1. The number of carbonyl (C=O) groups excluding carboxylic acids is 1. The van der Waals surface area contributed by atoms with Crippen LogP contribution in [0.5, 0.6) is 0 Å². The Hall–Kier alpha value is -5.08. The van der Waals surface area contributed by atoms with Crippen LogP contribution in [-0.2, 0) is 29.0 Å². The maximum atomic E-state index is 13.6. The second-order valence-corrected chi connectivity index (χ2v) is 11.1. The third-order valence-electron chi connectivity index (χ3n) is 7.19. The Labute approximate surface area is 274 Å². The lowest BCUT2D eigenvalue weighted by Crippen LogP contribution is -2.44. The molecule has 0 radical (unpaired) electrons. The molecule has 1 aliphatic rings. The van der Waals surface area contributed by atoms with Gasteiger partial charge in [0.1, 0.15) is 17.2 Å². The lowest BCUT2D eigenvalue weighted by atomic mass is 10.0. The Morgan fingerprint density at radius 1 is 0.894 bits per heavy atom. The minimum atomic E-state index is -0.891. The molecule has 47 heavy (non-hydrogen) atoms. The number of halogens is 2. The second kappa shape index (κ2) is 16.5. The molecule has 1 amide bonds. The summed E-state index contributed by atoms with van der Waals surface area (Å²) < 4.78 is 23.7. The van der Waals surface area contributed by atoms with Crippen LogP contribution in [0.25, 0.3) is 23.0 Å². The summed E-state index contributed by atoms with van der Waals surface area (Å²) in [5.74, 6) is 0.205. The van der Waals surface area contributed by atoms with Gasteiger partial charge in [0.2, 0.25) is 29.3 Å². The van der Waals surface area contributed by atoms with Gasteiger partial charge in [0.25, 0.3) is 0 Å². The van der Waals surface area contributed by atoms with E-state index >= 15 is 0 Å². The number of carboxylic acids is 1. The third-order valence-corrected chi connectivity index (χ3v) is 7.49. The summed E-state index contributed by atoms with van der Waals surface area (Å²) in [6.07, 6.45) is 5.87. The molecule has 1 aliphatic heterocycles. The van der Waals surface area contributed by atoms with E-state index in [1.165, 1.54) is 6.07 Å². The van der Waals surface area contributed by atoms with Crippen molar-refractivity contribution in [3.63, 3.8) is 0 Å². The molecule has 0 aliphatic carbocycles. The maximum absolute atomic E-state index is 13.6. The summed E-state index contributed by atoms with van der Waals surface area (Å²) in [6.45, 7) is 2.35. The maximum Gasteiger partial charge on any atom is 0.303 e. The van der Waals surface area contributed by atoms with Crippen LogP contribution in [0.2, 0.25) is 5.02 Å².